The number of phenolic OH excluding ortho intramolecular Hbond substituents is 2. The molecule has 0 saturated carbocycles. The molecule has 0 atom stereocenters. The van der Waals surface area contributed by atoms with E-state index in [9.17, 15) is 20.1 Å². The highest BCUT2D eigenvalue weighted by Crippen LogP contribution is 2.43. The predicted molar refractivity (Wildman–Crippen MR) is 88.7 cm³/mol. The lowest BCUT2D eigenvalue weighted by Crippen LogP contribution is -2.04. The molecule has 1 heterocycles. The van der Waals surface area contributed by atoms with Crippen molar-refractivity contribution < 1.29 is 24.5 Å². The Morgan fingerprint density at radius 2 is 1.79 bits per heavy atom. The number of phenols is 2. The van der Waals surface area contributed by atoms with E-state index in [1.165, 1.54) is 6.07 Å². The third-order valence-electron chi connectivity index (χ3n) is 3.55. The van der Waals surface area contributed by atoms with Gasteiger partial charge in [-0.3, -0.25) is 4.79 Å². The average molecular weight is 328 g/mol. The largest absolute Gasteiger partial charge is 0.504 e. The lowest BCUT2D eigenvalue weighted by atomic mass is 10.1. The standard InChI is InChI=1S/C18H16O6/c1-2-8-23-18-11(19)9-12-13(15(18)21)14(20)16(22)17(24-12)10-6-4-3-5-7-10/h3-7,9,19,21-22H,2,8H2,1H3. The second-order valence-corrected chi connectivity index (χ2v) is 5.27. The lowest BCUT2D eigenvalue weighted by Gasteiger charge is -2.12. The molecule has 0 fully saturated rings. The van der Waals surface area contributed by atoms with Gasteiger partial charge >= 0.3 is 0 Å². The van der Waals surface area contributed by atoms with E-state index in [-0.39, 0.29) is 34.8 Å². The normalized spacial score (nSPS) is 10.9. The van der Waals surface area contributed by atoms with Crippen molar-refractivity contribution in [2.75, 3.05) is 6.61 Å². The highest BCUT2D eigenvalue weighted by Gasteiger charge is 2.22. The van der Waals surface area contributed by atoms with Crippen LogP contribution in [0.3, 0.4) is 0 Å². The molecule has 3 aromatic rings. The Bertz CT molecular complexity index is 943. The summed E-state index contributed by atoms with van der Waals surface area (Å²) in [6.07, 6.45) is 0.656. The molecule has 24 heavy (non-hydrogen) atoms. The van der Waals surface area contributed by atoms with Gasteiger partial charge in [0.05, 0.1) is 6.61 Å². The number of benzene rings is 2. The minimum absolute atomic E-state index is 0.0332. The van der Waals surface area contributed by atoms with Crippen LogP contribution in [0, 0.1) is 0 Å². The van der Waals surface area contributed by atoms with E-state index >= 15 is 0 Å². The van der Waals surface area contributed by atoms with Crippen molar-refractivity contribution in [1.29, 1.82) is 0 Å². The van der Waals surface area contributed by atoms with Gasteiger partial charge in [-0.2, -0.15) is 0 Å². The van der Waals surface area contributed by atoms with Gasteiger partial charge in [-0.15, -0.1) is 0 Å². The van der Waals surface area contributed by atoms with E-state index in [1.54, 1.807) is 30.3 Å². The number of hydrogen-bond acceptors (Lipinski definition) is 6. The molecular formula is C18H16O6. The summed E-state index contributed by atoms with van der Waals surface area (Å²) in [6, 6.07) is 9.78. The first-order valence-corrected chi connectivity index (χ1v) is 7.47. The number of aromatic hydroxyl groups is 3. The molecule has 0 aliphatic rings. The monoisotopic (exact) mass is 328 g/mol. The highest BCUT2D eigenvalue weighted by molar-refractivity contribution is 5.91. The third kappa shape index (κ3) is 2.52. The molecule has 2 aromatic carbocycles. The molecule has 1 aromatic heterocycles. The highest BCUT2D eigenvalue weighted by atomic mass is 16.5. The van der Waals surface area contributed by atoms with Gasteiger partial charge in [0.2, 0.25) is 16.9 Å². The minimum atomic E-state index is -0.797. The van der Waals surface area contributed by atoms with Crippen LogP contribution in [0.15, 0.2) is 45.6 Å². The predicted octanol–water partition coefficient (Wildman–Crippen LogP) is 3.37. The summed E-state index contributed by atoms with van der Waals surface area (Å²) in [5, 5.41) is 30.2. The first-order chi connectivity index (χ1) is 11.5. The van der Waals surface area contributed by atoms with Gasteiger partial charge in [0, 0.05) is 11.6 Å². The topological polar surface area (TPSA) is 100 Å². The van der Waals surface area contributed by atoms with Crippen LogP contribution in [0.25, 0.3) is 22.3 Å². The molecule has 0 unspecified atom stereocenters. The zero-order valence-electron chi connectivity index (χ0n) is 12.9. The van der Waals surface area contributed by atoms with Crippen LogP contribution >= 0.6 is 0 Å². The minimum Gasteiger partial charge on any atom is -0.504 e. The van der Waals surface area contributed by atoms with Crippen molar-refractivity contribution in [1.82, 2.24) is 0 Å². The van der Waals surface area contributed by atoms with Crippen LogP contribution in [0.2, 0.25) is 0 Å². The van der Waals surface area contributed by atoms with Crippen LogP contribution in [0.4, 0.5) is 0 Å². The second kappa shape index (κ2) is 6.16. The van der Waals surface area contributed by atoms with Crippen LogP contribution < -0.4 is 10.2 Å². The van der Waals surface area contributed by atoms with Crippen molar-refractivity contribution in [2.24, 2.45) is 0 Å². The third-order valence-corrected chi connectivity index (χ3v) is 3.55. The summed E-state index contributed by atoms with van der Waals surface area (Å²) in [6.45, 7) is 2.12. The van der Waals surface area contributed by atoms with Gasteiger partial charge in [0.25, 0.3) is 0 Å². The Kier molecular flexibility index (Phi) is 4.04. The van der Waals surface area contributed by atoms with E-state index in [4.69, 9.17) is 9.15 Å². The molecule has 0 amide bonds. The Balaban J connectivity index is 2.29. The van der Waals surface area contributed by atoms with E-state index in [1.807, 2.05) is 6.92 Å². The van der Waals surface area contributed by atoms with E-state index < -0.39 is 16.9 Å². The van der Waals surface area contributed by atoms with Gasteiger partial charge in [-0.05, 0) is 6.42 Å². The van der Waals surface area contributed by atoms with Crippen LogP contribution in [-0.2, 0) is 0 Å². The Morgan fingerprint density at radius 3 is 2.46 bits per heavy atom. The first-order valence-electron chi connectivity index (χ1n) is 7.47. The molecular weight excluding hydrogens is 312 g/mol. The summed E-state index contributed by atoms with van der Waals surface area (Å²) in [5.41, 5.74) is -0.344. The lowest BCUT2D eigenvalue weighted by molar-refractivity contribution is 0.284. The van der Waals surface area contributed by atoms with Crippen molar-refractivity contribution in [3.05, 3.63) is 46.6 Å². The molecule has 3 rings (SSSR count). The Labute approximate surface area is 137 Å². The fourth-order valence-electron chi connectivity index (χ4n) is 2.42. The zero-order valence-corrected chi connectivity index (χ0v) is 12.9. The summed E-state index contributed by atoms with van der Waals surface area (Å²) >= 11 is 0. The van der Waals surface area contributed by atoms with E-state index in [0.29, 0.717) is 12.0 Å². The van der Waals surface area contributed by atoms with Crippen LogP contribution in [0.1, 0.15) is 13.3 Å². The first kappa shape index (κ1) is 15.7. The van der Waals surface area contributed by atoms with Gasteiger partial charge in [-0.1, -0.05) is 37.3 Å². The molecule has 0 spiro atoms. The van der Waals surface area contributed by atoms with Crippen LogP contribution in [0.5, 0.6) is 23.0 Å². The SMILES string of the molecule is CCCOc1c(O)cc2oc(-c3ccccc3)c(O)c(=O)c2c1O. The number of fused-ring (bicyclic) bond motifs is 1. The fraction of sp³-hybridized carbons (Fsp3) is 0.167. The quantitative estimate of drug-likeness (QED) is 0.679. The van der Waals surface area contributed by atoms with Crippen molar-refractivity contribution in [3.63, 3.8) is 0 Å². The number of rotatable bonds is 4. The fourth-order valence-corrected chi connectivity index (χ4v) is 2.42. The maximum atomic E-state index is 12.5. The average Bonchev–Trinajstić information content (AvgIpc) is 2.58. The van der Waals surface area contributed by atoms with Crippen molar-refractivity contribution >= 4 is 11.0 Å². The summed E-state index contributed by atoms with van der Waals surface area (Å²) in [4.78, 5) is 12.5. The van der Waals surface area contributed by atoms with E-state index in [2.05, 4.69) is 0 Å². The summed E-state index contributed by atoms with van der Waals surface area (Å²) in [5.74, 6) is -1.75. The molecule has 0 saturated heterocycles. The number of hydrogen-bond donors (Lipinski definition) is 3. The molecule has 124 valence electrons. The van der Waals surface area contributed by atoms with E-state index in [0.717, 1.165) is 0 Å². The molecule has 0 aliphatic carbocycles. The van der Waals surface area contributed by atoms with Crippen molar-refractivity contribution in [2.45, 2.75) is 13.3 Å². The smallest absolute Gasteiger partial charge is 0.238 e. The second-order valence-electron chi connectivity index (χ2n) is 5.27. The number of ether oxygens (including phenoxy) is 1. The van der Waals surface area contributed by atoms with Crippen LogP contribution in [-0.4, -0.2) is 21.9 Å². The maximum Gasteiger partial charge on any atom is 0.238 e. The molecule has 6 nitrogen and oxygen atoms in total. The summed E-state index contributed by atoms with van der Waals surface area (Å²) in [7, 11) is 0. The maximum absolute atomic E-state index is 12.5. The molecule has 3 N–H and O–H groups in total. The molecule has 0 radical (unpaired) electrons. The molecule has 0 bridgehead atoms. The Morgan fingerprint density at radius 1 is 1.08 bits per heavy atom. The van der Waals surface area contributed by atoms with Gasteiger partial charge in [0.1, 0.15) is 11.0 Å². The molecule has 6 heteroatoms. The summed E-state index contributed by atoms with van der Waals surface area (Å²) < 4.78 is 10.8. The van der Waals surface area contributed by atoms with Gasteiger partial charge in [-0.25, -0.2) is 0 Å². The Hall–Kier alpha value is -3.15. The van der Waals surface area contributed by atoms with Gasteiger partial charge < -0.3 is 24.5 Å². The van der Waals surface area contributed by atoms with Crippen molar-refractivity contribution in [3.8, 4) is 34.3 Å². The zero-order chi connectivity index (χ0) is 17.3. The molecule has 0 aliphatic heterocycles. The van der Waals surface area contributed by atoms with Gasteiger partial charge in [0.15, 0.2) is 17.3 Å².